The van der Waals surface area contributed by atoms with Gasteiger partial charge in [0.15, 0.2) is 0 Å². The van der Waals surface area contributed by atoms with Crippen LogP contribution >= 0.6 is 27.7 Å². The molecule has 0 spiro atoms. The van der Waals surface area contributed by atoms with Crippen LogP contribution in [0.25, 0.3) is 0 Å². The fourth-order valence-electron chi connectivity index (χ4n) is 1.29. The lowest BCUT2D eigenvalue weighted by Crippen LogP contribution is -1.91. The zero-order valence-corrected chi connectivity index (χ0v) is 11.0. The normalized spacial score (nSPS) is 10.3. The van der Waals surface area contributed by atoms with E-state index in [4.69, 9.17) is 5.73 Å². The molecule has 16 heavy (non-hydrogen) atoms. The Balaban J connectivity index is 2.09. The monoisotopic (exact) mass is 294 g/mol. The van der Waals surface area contributed by atoms with Crippen molar-refractivity contribution in [1.82, 2.24) is 4.98 Å². The Bertz CT molecular complexity index is 442. The molecule has 0 aliphatic heterocycles. The largest absolute Gasteiger partial charge is 0.397 e. The van der Waals surface area contributed by atoms with Crippen LogP contribution in [0.15, 0.2) is 52.1 Å². The van der Waals surface area contributed by atoms with E-state index in [9.17, 15) is 0 Å². The highest BCUT2D eigenvalue weighted by Crippen LogP contribution is 2.28. The summed E-state index contributed by atoms with van der Waals surface area (Å²) in [6, 6.07) is 11.9. The summed E-state index contributed by atoms with van der Waals surface area (Å²) >= 11 is 5.17. The van der Waals surface area contributed by atoms with Gasteiger partial charge in [0.05, 0.1) is 5.69 Å². The zero-order valence-electron chi connectivity index (χ0n) is 8.56. The van der Waals surface area contributed by atoms with Crippen molar-refractivity contribution in [3.8, 4) is 0 Å². The summed E-state index contributed by atoms with van der Waals surface area (Å²) in [5.74, 6) is 0.864. The van der Waals surface area contributed by atoms with E-state index in [2.05, 4.69) is 27.0 Å². The second-order valence-electron chi connectivity index (χ2n) is 3.28. The first-order valence-corrected chi connectivity index (χ1v) is 6.62. The van der Waals surface area contributed by atoms with E-state index < -0.39 is 0 Å². The lowest BCUT2D eigenvalue weighted by atomic mass is 10.2. The maximum atomic E-state index is 5.83. The number of anilines is 1. The Morgan fingerprint density at radius 3 is 2.75 bits per heavy atom. The predicted molar refractivity (Wildman–Crippen MR) is 72.4 cm³/mol. The average molecular weight is 295 g/mol. The van der Waals surface area contributed by atoms with E-state index in [-0.39, 0.29) is 0 Å². The molecule has 1 aromatic carbocycles. The van der Waals surface area contributed by atoms with Gasteiger partial charge in [-0.25, -0.2) is 4.98 Å². The number of hydrogen-bond acceptors (Lipinski definition) is 3. The Morgan fingerprint density at radius 2 is 2.00 bits per heavy atom. The molecule has 0 amide bonds. The summed E-state index contributed by atoms with van der Waals surface area (Å²) in [4.78, 5) is 4.25. The molecule has 0 saturated heterocycles. The molecular formula is C12H11BrN2S. The number of rotatable bonds is 3. The Labute approximate surface area is 107 Å². The number of nitrogens with zero attached hydrogens (tertiary/aromatic N) is 1. The second kappa shape index (κ2) is 5.37. The molecule has 0 bridgehead atoms. The van der Waals surface area contributed by atoms with Gasteiger partial charge in [-0.3, -0.25) is 0 Å². The number of halogens is 1. The van der Waals surface area contributed by atoms with Crippen LogP contribution in [0.5, 0.6) is 0 Å². The summed E-state index contributed by atoms with van der Waals surface area (Å²) in [6.07, 6.45) is 1.76. The SMILES string of the molecule is Nc1cccnc1SCc1ccccc1Br. The molecule has 82 valence electrons. The van der Waals surface area contributed by atoms with Crippen LogP contribution in [0.1, 0.15) is 5.56 Å². The number of nitrogen functional groups attached to an aromatic ring is 1. The fourth-order valence-corrected chi connectivity index (χ4v) is 2.81. The first-order chi connectivity index (χ1) is 7.77. The average Bonchev–Trinajstić information content (AvgIpc) is 2.30. The van der Waals surface area contributed by atoms with Gasteiger partial charge in [0.2, 0.25) is 0 Å². The second-order valence-corrected chi connectivity index (χ2v) is 5.10. The first-order valence-electron chi connectivity index (χ1n) is 4.84. The highest BCUT2D eigenvalue weighted by Gasteiger charge is 2.03. The standard InChI is InChI=1S/C12H11BrN2S/c13-10-5-2-1-4-9(10)8-16-12-11(14)6-3-7-15-12/h1-7H,8,14H2. The number of pyridine rings is 1. The molecule has 0 unspecified atom stereocenters. The molecule has 2 rings (SSSR count). The number of benzene rings is 1. The lowest BCUT2D eigenvalue weighted by molar-refractivity contribution is 1.14. The van der Waals surface area contributed by atoms with Gasteiger partial charge in [0, 0.05) is 16.4 Å². The molecule has 2 N–H and O–H groups in total. The van der Waals surface area contributed by atoms with Crippen molar-refractivity contribution in [2.45, 2.75) is 10.8 Å². The molecular weight excluding hydrogens is 284 g/mol. The van der Waals surface area contributed by atoms with Gasteiger partial charge < -0.3 is 5.73 Å². The smallest absolute Gasteiger partial charge is 0.119 e. The van der Waals surface area contributed by atoms with Gasteiger partial charge >= 0.3 is 0 Å². The molecule has 2 nitrogen and oxygen atoms in total. The summed E-state index contributed by atoms with van der Waals surface area (Å²) in [7, 11) is 0. The molecule has 0 atom stereocenters. The third-order valence-corrected chi connectivity index (χ3v) is 3.97. The quantitative estimate of drug-likeness (QED) is 0.877. The van der Waals surface area contributed by atoms with Crippen molar-refractivity contribution in [1.29, 1.82) is 0 Å². The van der Waals surface area contributed by atoms with Gasteiger partial charge in [-0.2, -0.15) is 0 Å². The third kappa shape index (κ3) is 2.77. The van der Waals surface area contributed by atoms with Gasteiger partial charge in [0.1, 0.15) is 5.03 Å². The van der Waals surface area contributed by atoms with Crippen LogP contribution in [0, 0.1) is 0 Å². The Kier molecular flexibility index (Phi) is 3.85. The molecule has 0 fully saturated rings. The Hall–Kier alpha value is -1.00. The molecule has 1 heterocycles. The van der Waals surface area contributed by atoms with Gasteiger partial charge in [-0.1, -0.05) is 45.9 Å². The van der Waals surface area contributed by atoms with Crippen molar-refractivity contribution in [3.63, 3.8) is 0 Å². The van der Waals surface area contributed by atoms with E-state index >= 15 is 0 Å². The number of aromatic nitrogens is 1. The zero-order chi connectivity index (χ0) is 11.4. The van der Waals surface area contributed by atoms with Crippen LogP contribution in [-0.4, -0.2) is 4.98 Å². The van der Waals surface area contributed by atoms with Crippen molar-refractivity contribution in [2.75, 3.05) is 5.73 Å². The molecule has 1 aromatic heterocycles. The molecule has 2 aromatic rings. The van der Waals surface area contributed by atoms with Gasteiger partial charge in [0.25, 0.3) is 0 Å². The third-order valence-electron chi connectivity index (χ3n) is 2.12. The fraction of sp³-hybridized carbons (Fsp3) is 0.0833. The van der Waals surface area contributed by atoms with E-state index in [1.165, 1.54) is 5.56 Å². The first kappa shape index (κ1) is 11.5. The molecule has 0 aliphatic carbocycles. The summed E-state index contributed by atoms with van der Waals surface area (Å²) in [5.41, 5.74) is 7.81. The minimum absolute atomic E-state index is 0.736. The van der Waals surface area contributed by atoms with Crippen molar-refractivity contribution in [2.24, 2.45) is 0 Å². The van der Waals surface area contributed by atoms with Crippen LogP contribution in [-0.2, 0) is 5.75 Å². The highest BCUT2D eigenvalue weighted by molar-refractivity contribution is 9.10. The minimum atomic E-state index is 0.736. The lowest BCUT2D eigenvalue weighted by Gasteiger charge is -2.05. The van der Waals surface area contributed by atoms with Crippen LogP contribution in [0.3, 0.4) is 0 Å². The van der Waals surface area contributed by atoms with E-state index in [0.717, 1.165) is 20.9 Å². The summed E-state index contributed by atoms with van der Waals surface area (Å²) < 4.78 is 1.12. The predicted octanol–water partition coefficient (Wildman–Crippen LogP) is 3.72. The van der Waals surface area contributed by atoms with E-state index in [1.807, 2.05) is 30.3 Å². The number of hydrogen-bond donors (Lipinski definition) is 1. The maximum Gasteiger partial charge on any atom is 0.119 e. The van der Waals surface area contributed by atoms with Gasteiger partial charge in [-0.05, 0) is 23.8 Å². The highest BCUT2D eigenvalue weighted by atomic mass is 79.9. The van der Waals surface area contributed by atoms with Crippen molar-refractivity contribution in [3.05, 3.63) is 52.6 Å². The Morgan fingerprint density at radius 1 is 1.19 bits per heavy atom. The maximum absolute atomic E-state index is 5.83. The number of nitrogens with two attached hydrogens (primary N) is 1. The van der Waals surface area contributed by atoms with Gasteiger partial charge in [-0.15, -0.1) is 0 Å². The number of thioether (sulfide) groups is 1. The van der Waals surface area contributed by atoms with Crippen LogP contribution in [0.4, 0.5) is 5.69 Å². The van der Waals surface area contributed by atoms with Crippen molar-refractivity contribution >= 4 is 33.4 Å². The summed E-state index contributed by atoms with van der Waals surface area (Å²) in [5, 5.41) is 0.887. The molecule has 4 heteroatoms. The van der Waals surface area contributed by atoms with Crippen molar-refractivity contribution < 1.29 is 0 Å². The van der Waals surface area contributed by atoms with Crippen LogP contribution < -0.4 is 5.73 Å². The van der Waals surface area contributed by atoms with E-state index in [0.29, 0.717) is 0 Å². The topological polar surface area (TPSA) is 38.9 Å². The van der Waals surface area contributed by atoms with E-state index in [1.54, 1.807) is 18.0 Å². The summed E-state index contributed by atoms with van der Waals surface area (Å²) in [6.45, 7) is 0. The molecule has 0 saturated carbocycles. The minimum Gasteiger partial charge on any atom is -0.397 e. The van der Waals surface area contributed by atoms with Crippen LogP contribution in [0.2, 0.25) is 0 Å². The molecule has 0 radical (unpaired) electrons. The molecule has 0 aliphatic rings.